The van der Waals surface area contributed by atoms with Crippen LogP contribution in [0.15, 0.2) is 47.5 Å². The molecule has 1 aromatic carbocycles. The molecule has 4 heterocycles. The molecular weight excluding hydrogens is 489 g/mol. The van der Waals surface area contributed by atoms with Crippen LogP contribution in [0.25, 0.3) is 22.2 Å². The van der Waals surface area contributed by atoms with Crippen molar-refractivity contribution in [3.63, 3.8) is 0 Å². The van der Waals surface area contributed by atoms with Gasteiger partial charge in [-0.25, -0.2) is 9.37 Å². The number of halogens is 2. The van der Waals surface area contributed by atoms with E-state index in [-0.39, 0.29) is 40.1 Å². The molecule has 4 aromatic rings. The fraction of sp³-hybridized carbons (Fsp3) is 0.250. The van der Waals surface area contributed by atoms with E-state index >= 15 is 0 Å². The van der Waals surface area contributed by atoms with Crippen molar-refractivity contribution < 1.29 is 14.0 Å². The molecule has 3 N–H and O–H groups in total. The van der Waals surface area contributed by atoms with Gasteiger partial charge in [0.15, 0.2) is 5.65 Å². The molecule has 0 atom stereocenters. The number of amides is 1. The quantitative estimate of drug-likeness (QED) is 0.364. The normalized spacial score (nSPS) is 13.7. The number of carbonyl (C=O) groups is 1. The van der Waals surface area contributed by atoms with E-state index in [9.17, 15) is 14.0 Å². The lowest BCUT2D eigenvalue weighted by molar-refractivity contribution is -0.131. The third kappa shape index (κ3) is 4.62. The van der Waals surface area contributed by atoms with Crippen molar-refractivity contribution in [2.24, 2.45) is 0 Å². The number of benzene rings is 1. The summed E-state index contributed by atoms with van der Waals surface area (Å²) < 4.78 is 15.5. The Labute approximate surface area is 210 Å². The summed E-state index contributed by atoms with van der Waals surface area (Å²) in [6.45, 7) is 2.98. The van der Waals surface area contributed by atoms with Gasteiger partial charge in [-0.3, -0.25) is 9.59 Å². The molecule has 5 rings (SSSR count). The maximum absolute atomic E-state index is 14.5. The summed E-state index contributed by atoms with van der Waals surface area (Å²) in [4.78, 5) is 44.6. The number of piperazine rings is 1. The van der Waals surface area contributed by atoms with E-state index in [1.165, 1.54) is 37.6 Å². The number of pyridine rings is 1. The fourth-order valence-electron chi connectivity index (χ4n) is 4.17. The molecule has 0 bridgehead atoms. The minimum atomic E-state index is -0.625. The van der Waals surface area contributed by atoms with E-state index in [1.54, 1.807) is 12.3 Å². The lowest BCUT2D eigenvalue weighted by Crippen LogP contribution is -2.46. The second-order valence-electron chi connectivity index (χ2n) is 8.26. The summed E-state index contributed by atoms with van der Waals surface area (Å²) in [5.74, 6) is -0.357. The minimum Gasteiger partial charge on any atom is -0.412 e. The van der Waals surface area contributed by atoms with E-state index in [1.807, 2.05) is 4.90 Å². The SMILES string of the molecule is COn1c(=O)c(-c2c(F)cccc2Cl)cc2cnc(Nc3c[nH]c(CC(=O)N4CCNCC4)c3)nc21. The van der Waals surface area contributed by atoms with Crippen LogP contribution in [0.2, 0.25) is 5.02 Å². The van der Waals surface area contributed by atoms with Gasteiger partial charge in [-0.15, -0.1) is 4.73 Å². The average Bonchev–Trinajstić information content (AvgIpc) is 3.31. The molecule has 36 heavy (non-hydrogen) atoms. The molecule has 0 radical (unpaired) electrons. The zero-order valence-corrected chi connectivity index (χ0v) is 20.1. The summed E-state index contributed by atoms with van der Waals surface area (Å²) in [7, 11) is 1.32. The van der Waals surface area contributed by atoms with Crippen LogP contribution < -0.4 is 21.0 Å². The number of anilines is 2. The lowest BCUT2D eigenvalue weighted by atomic mass is 10.1. The molecule has 0 saturated carbocycles. The van der Waals surface area contributed by atoms with Gasteiger partial charge in [0.1, 0.15) is 12.9 Å². The smallest absolute Gasteiger partial charge is 0.293 e. The topological polar surface area (TPSA) is 117 Å². The van der Waals surface area contributed by atoms with Crippen LogP contribution in [0.1, 0.15) is 5.69 Å². The van der Waals surface area contributed by atoms with Gasteiger partial charge in [0.2, 0.25) is 11.9 Å². The van der Waals surface area contributed by atoms with Crippen LogP contribution >= 0.6 is 11.6 Å². The zero-order valence-electron chi connectivity index (χ0n) is 19.3. The molecule has 1 fully saturated rings. The number of nitrogens with zero attached hydrogens (tertiary/aromatic N) is 4. The lowest BCUT2D eigenvalue weighted by Gasteiger charge is -2.27. The van der Waals surface area contributed by atoms with Crippen LogP contribution in [0.5, 0.6) is 0 Å². The van der Waals surface area contributed by atoms with Crippen LogP contribution in [0.4, 0.5) is 16.0 Å². The van der Waals surface area contributed by atoms with E-state index in [0.29, 0.717) is 24.2 Å². The molecule has 3 aromatic heterocycles. The molecule has 0 aliphatic carbocycles. The van der Waals surface area contributed by atoms with Crippen molar-refractivity contribution in [3.8, 4) is 11.1 Å². The summed E-state index contributed by atoms with van der Waals surface area (Å²) >= 11 is 6.18. The number of nitrogens with one attached hydrogen (secondary N) is 3. The fourth-order valence-corrected chi connectivity index (χ4v) is 4.43. The van der Waals surface area contributed by atoms with E-state index < -0.39 is 11.4 Å². The van der Waals surface area contributed by atoms with Crippen LogP contribution in [-0.2, 0) is 11.2 Å². The van der Waals surface area contributed by atoms with Gasteiger partial charge in [0, 0.05) is 55.2 Å². The second kappa shape index (κ2) is 9.96. The first-order valence-electron chi connectivity index (χ1n) is 11.3. The maximum atomic E-state index is 14.5. The highest BCUT2D eigenvalue weighted by atomic mass is 35.5. The third-order valence-electron chi connectivity index (χ3n) is 5.93. The summed E-state index contributed by atoms with van der Waals surface area (Å²) in [6.07, 6.45) is 3.46. The number of hydrogen-bond donors (Lipinski definition) is 3. The molecule has 10 nitrogen and oxygen atoms in total. The zero-order chi connectivity index (χ0) is 25.2. The van der Waals surface area contributed by atoms with Gasteiger partial charge in [0.25, 0.3) is 5.56 Å². The van der Waals surface area contributed by atoms with Gasteiger partial charge in [-0.05, 0) is 24.3 Å². The minimum absolute atomic E-state index is 0.0192. The van der Waals surface area contributed by atoms with Gasteiger partial charge in [0.05, 0.1) is 22.7 Å². The van der Waals surface area contributed by atoms with E-state index in [4.69, 9.17) is 16.4 Å². The van der Waals surface area contributed by atoms with Crippen molar-refractivity contribution in [1.29, 1.82) is 0 Å². The van der Waals surface area contributed by atoms with Gasteiger partial charge in [-0.2, -0.15) is 4.98 Å². The molecule has 1 aliphatic heterocycles. The molecule has 1 saturated heterocycles. The predicted molar refractivity (Wildman–Crippen MR) is 134 cm³/mol. The Morgan fingerprint density at radius 3 is 2.83 bits per heavy atom. The van der Waals surface area contributed by atoms with Gasteiger partial charge < -0.3 is 25.4 Å². The van der Waals surface area contributed by atoms with E-state index in [0.717, 1.165) is 23.5 Å². The van der Waals surface area contributed by atoms with Crippen LogP contribution in [0.3, 0.4) is 0 Å². The number of fused-ring (bicyclic) bond motifs is 1. The molecule has 186 valence electrons. The van der Waals surface area contributed by atoms with Crippen molar-refractivity contribution in [2.45, 2.75) is 6.42 Å². The molecule has 1 aliphatic rings. The standard InChI is InChI=1S/C24H23ClFN7O3/c1-36-33-22-14(9-17(23(33)35)21-18(25)3-2-4-19(21)26)12-29-24(31-22)30-16-10-15(28-13-16)11-20(34)32-7-5-27-6-8-32/h2-4,9-10,12-13,27-28H,5-8,11H2,1H3,(H,29,30,31). The first-order valence-corrected chi connectivity index (χ1v) is 11.7. The summed E-state index contributed by atoms with van der Waals surface area (Å²) in [6, 6.07) is 7.49. The number of hydrogen-bond acceptors (Lipinski definition) is 7. The summed E-state index contributed by atoms with van der Waals surface area (Å²) in [5, 5.41) is 6.85. The van der Waals surface area contributed by atoms with Crippen molar-refractivity contribution in [2.75, 3.05) is 38.6 Å². The highest BCUT2D eigenvalue weighted by Crippen LogP contribution is 2.30. The highest BCUT2D eigenvalue weighted by Gasteiger charge is 2.20. The van der Waals surface area contributed by atoms with E-state index in [2.05, 4.69) is 25.6 Å². The van der Waals surface area contributed by atoms with Crippen LogP contribution in [-0.4, -0.2) is 63.8 Å². The molecule has 1 amide bonds. The Bertz CT molecular complexity index is 1480. The molecular formula is C24H23ClFN7O3. The van der Waals surface area contributed by atoms with Gasteiger partial charge in [-0.1, -0.05) is 17.7 Å². The van der Waals surface area contributed by atoms with Crippen molar-refractivity contribution >= 4 is 40.2 Å². The largest absolute Gasteiger partial charge is 0.412 e. The Kier molecular flexibility index (Phi) is 6.57. The Morgan fingerprint density at radius 2 is 2.08 bits per heavy atom. The number of aromatic amines is 1. The maximum Gasteiger partial charge on any atom is 0.293 e. The highest BCUT2D eigenvalue weighted by molar-refractivity contribution is 6.33. The molecule has 0 unspecified atom stereocenters. The second-order valence-corrected chi connectivity index (χ2v) is 8.66. The monoisotopic (exact) mass is 511 g/mol. The average molecular weight is 512 g/mol. The Balaban J connectivity index is 1.41. The van der Waals surface area contributed by atoms with Crippen LogP contribution in [0, 0.1) is 5.82 Å². The third-order valence-corrected chi connectivity index (χ3v) is 6.24. The number of carbonyl (C=O) groups excluding carboxylic acids is 1. The predicted octanol–water partition coefficient (Wildman–Crippen LogP) is 2.36. The first-order chi connectivity index (χ1) is 17.4. The molecule has 0 spiro atoms. The first kappa shape index (κ1) is 23.8. The number of H-pyrrole nitrogens is 1. The Hall–Kier alpha value is -3.96. The number of aromatic nitrogens is 4. The summed E-state index contributed by atoms with van der Waals surface area (Å²) in [5.41, 5.74) is 0.994. The van der Waals surface area contributed by atoms with Crippen molar-refractivity contribution in [1.82, 2.24) is 29.9 Å². The van der Waals surface area contributed by atoms with Crippen molar-refractivity contribution in [3.05, 3.63) is 69.6 Å². The van der Waals surface area contributed by atoms with Gasteiger partial charge >= 0.3 is 0 Å². The molecule has 12 heteroatoms. The number of rotatable bonds is 6. The Morgan fingerprint density at radius 1 is 1.28 bits per heavy atom.